The van der Waals surface area contributed by atoms with E-state index in [4.69, 9.17) is 9.47 Å². The number of carbonyl (C=O) groups excluding carboxylic acids is 2. The number of halogens is 3. The Hall–Kier alpha value is -4.45. The average Bonchev–Trinajstić information content (AvgIpc) is 3.64. The van der Waals surface area contributed by atoms with E-state index in [2.05, 4.69) is 35.2 Å². The number of carbonyl (C=O) groups is 2. The van der Waals surface area contributed by atoms with Crippen molar-refractivity contribution in [3.63, 3.8) is 0 Å². The lowest BCUT2D eigenvalue weighted by molar-refractivity contribution is -0.143. The van der Waals surface area contributed by atoms with Crippen LogP contribution in [0.2, 0.25) is 0 Å². The molecule has 0 saturated carbocycles. The number of aromatic nitrogens is 3. The van der Waals surface area contributed by atoms with Crippen LogP contribution in [0.15, 0.2) is 48.7 Å². The smallest absolute Gasteiger partial charge is 0.434 e. The van der Waals surface area contributed by atoms with Gasteiger partial charge in [-0.3, -0.25) is 0 Å². The number of hydrogen-bond donors (Lipinski definition) is 0. The van der Waals surface area contributed by atoms with Crippen LogP contribution in [-0.2, 0) is 15.7 Å². The Morgan fingerprint density at radius 1 is 1.02 bits per heavy atom. The lowest BCUT2D eigenvalue weighted by Gasteiger charge is -2.33. The van der Waals surface area contributed by atoms with E-state index in [1.165, 1.54) is 29.9 Å². The Morgan fingerprint density at radius 2 is 1.73 bits per heavy atom. The summed E-state index contributed by atoms with van der Waals surface area (Å²) in [6.45, 7) is 12.4. The number of benzene rings is 1. The molecule has 0 aliphatic carbocycles. The molecule has 4 heterocycles. The van der Waals surface area contributed by atoms with Gasteiger partial charge >= 0.3 is 18.2 Å². The molecule has 1 aromatic carbocycles. The first-order chi connectivity index (χ1) is 22.6. The summed E-state index contributed by atoms with van der Waals surface area (Å²) in [5, 5.41) is 3.87. The fourth-order valence-electron chi connectivity index (χ4n) is 5.72. The zero-order valence-corrected chi connectivity index (χ0v) is 28.7. The van der Waals surface area contributed by atoms with Gasteiger partial charge in [0.1, 0.15) is 11.2 Å². The van der Waals surface area contributed by atoms with Crippen molar-refractivity contribution >= 4 is 35.6 Å². The van der Waals surface area contributed by atoms with Gasteiger partial charge in [0.05, 0.1) is 23.4 Å². The number of alkyl halides is 3. The van der Waals surface area contributed by atoms with Gasteiger partial charge in [-0.2, -0.15) is 18.3 Å². The number of ether oxygens (including phenoxy) is 2. The number of likely N-dealkylation sites (tertiary alicyclic amines) is 1. The van der Waals surface area contributed by atoms with Crippen LogP contribution in [0.5, 0.6) is 0 Å². The maximum atomic E-state index is 14.1. The standard InChI is InChI=1S/C36H39F3N4O4S/c1-7-46-33(44)28-21-40-43(32(28)36(37,38)39)30-10-8-9-29(41-30)31-27(20-23(3)48-31)14-12-24-11-13-26(19-22(24)2)25-15-17-42(18-16-25)34(45)47-35(4,5)6/h8-14,19-21,25H,7,15-18H2,1-6H3. The van der Waals surface area contributed by atoms with Crippen molar-refractivity contribution in [2.45, 2.75) is 72.1 Å². The van der Waals surface area contributed by atoms with E-state index >= 15 is 0 Å². The predicted molar refractivity (Wildman–Crippen MR) is 180 cm³/mol. The SMILES string of the molecule is CCOC(=O)c1cnn(-c2cccc(-c3sc(C)cc3C=Cc3ccc(C4CCN(C(=O)OC(C)(C)C)CC4)cc3C)n2)c1C(F)(F)F. The van der Waals surface area contributed by atoms with Gasteiger partial charge in [0.2, 0.25) is 0 Å². The van der Waals surface area contributed by atoms with Crippen LogP contribution in [0.4, 0.5) is 18.0 Å². The molecule has 48 heavy (non-hydrogen) atoms. The third-order valence-electron chi connectivity index (χ3n) is 7.96. The number of aryl methyl sites for hydroxylation is 2. The Labute approximate surface area is 282 Å². The van der Waals surface area contributed by atoms with Crippen molar-refractivity contribution in [1.29, 1.82) is 0 Å². The molecule has 0 spiro atoms. The van der Waals surface area contributed by atoms with Crippen molar-refractivity contribution in [1.82, 2.24) is 19.7 Å². The molecule has 5 rings (SSSR count). The van der Waals surface area contributed by atoms with Gasteiger partial charge in [-0.25, -0.2) is 19.3 Å². The van der Waals surface area contributed by atoms with Gasteiger partial charge in [0.25, 0.3) is 0 Å². The van der Waals surface area contributed by atoms with Crippen molar-refractivity contribution in [2.24, 2.45) is 0 Å². The molecule has 0 unspecified atom stereocenters. The van der Waals surface area contributed by atoms with Crippen molar-refractivity contribution in [3.8, 4) is 16.4 Å². The lowest BCUT2D eigenvalue weighted by atomic mass is 9.88. The third kappa shape index (κ3) is 7.98. The molecule has 1 aliphatic heterocycles. The van der Waals surface area contributed by atoms with E-state index in [0.29, 0.717) is 29.4 Å². The normalized spacial score (nSPS) is 14.5. The maximum Gasteiger partial charge on any atom is 0.434 e. The number of rotatable bonds is 7. The zero-order chi connectivity index (χ0) is 34.8. The highest BCUT2D eigenvalue weighted by Crippen LogP contribution is 2.37. The number of nitrogens with zero attached hydrogens (tertiary/aromatic N) is 4. The second-order valence-corrected chi connectivity index (χ2v) is 14.0. The molecule has 0 atom stereocenters. The van der Waals surface area contributed by atoms with E-state index < -0.39 is 29.0 Å². The van der Waals surface area contributed by atoms with Crippen LogP contribution >= 0.6 is 11.3 Å². The summed E-state index contributed by atoms with van der Waals surface area (Å²) in [4.78, 5) is 32.9. The highest BCUT2D eigenvalue weighted by molar-refractivity contribution is 7.15. The summed E-state index contributed by atoms with van der Waals surface area (Å²) in [7, 11) is 0. The Morgan fingerprint density at radius 3 is 2.38 bits per heavy atom. The second-order valence-electron chi connectivity index (χ2n) is 12.8. The molecule has 0 bridgehead atoms. The summed E-state index contributed by atoms with van der Waals surface area (Å²) in [5.74, 6) is -0.814. The number of pyridine rings is 1. The number of piperidine rings is 1. The van der Waals surface area contributed by atoms with Gasteiger partial charge in [-0.1, -0.05) is 36.4 Å². The van der Waals surface area contributed by atoms with Crippen LogP contribution in [0.1, 0.15) is 89.6 Å². The summed E-state index contributed by atoms with van der Waals surface area (Å²) >= 11 is 1.49. The molecule has 1 saturated heterocycles. The van der Waals surface area contributed by atoms with Crippen molar-refractivity contribution < 1.29 is 32.2 Å². The van der Waals surface area contributed by atoms with Crippen molar-refractivity contribution in [2.75, 3.05) is 19.7 Å². The summed E-state index contributed by atoms with van der Waals surface area (Å²) in [6.07, 6.45) is 1.48. The molecule has 8 nitrogen and oxygen atoms in total. The van der Waals surface area contributed by atoms with Gasteiger partial charge in [-0.05, 0) is 101 Å². The van der Waals surface area contributed by atoms with Gasteiger partial charge in [0.15, 0.2) is 11.5 Å². The lowest BCUT2D eigenvalue weighted by Crippen LogP contribution is -2.41. The number of esters is 1. The van der Waals surface area contributed by atoms with Crippen LogP contribution in [-0.4, -0.2) is 57.0 Å². The van der Waals surface area contributed by atoms with Crippen LogP contribution < -0.4 is 0 Å². The minimum absolute atomic E-state index is 0.0660. The molecule has 254 valence electrons. The van der Waals surface area contributed by atoms with E-state index in [9.17, 15) is 22.8 Å². The van der Waals surface area contributed by atoms with E-state index in [0.717, 1.165) is 45.5 Å². The molecule has 3 aromatic heterocycles. The molecule has 1 fully saturated rings. The van der Waals surface area contributed by atoms with Crippen LogP contribution in [0, 0.1) is 13.8 Å². The first kappa shape index (κ1) is 34.9. The number of thiophene rings is 1. The summed E-state index contributed by atoms with van der Waals surface area (Å²) < 4.78 is 53.3. The maximum absolute atomic E-state index is 14.1. The molecule has 1 aliphatic rings. The fraction of sp³-hybridized carbons (Fsp3) is 0.389. The van der Waals surface area contributed by atoms with Crippen LogP contribution in [0.25, 0.3) is 28.5 Å². The van der Waals surface area contributed by atoms with Crippen molar-refractivity contribution in [3.05, 3.63) is 87.0 Å². The third-order valence-corrected chi connectivity index (χ3v) is 9.04. The fourth-order valence-corrected chi connectivity index (χ4v) is 6.69. The molecule has 12 heteroatoms. The Kier molecular flexibility index (Phi) is 10.1. The first-order valence-corrected chi connectivity index (χ1v) is 16.6. The van der Waals surface area contributed by atoms with E-state index in [1.807, 2.05) is 45.9 Å². The highest BCUT2D eigenvalue weighted by Gasteiger charge is 2.41. The predicted octanol–water partition coefficient (Wildman–Crippen LogP) is 9.09. The summed E-state index contributed by atoms with van der Waals surface area (Å²) in [5.41, 5.74) is 2.34. The number of hydrogen-bond acceptors (Lipinski definition) is 7. The first-order valence-electron chi connectivity index (χ1n) is 15.8. The van der Waals surface area contributed by atoms with Gasteiger partial charge in [0, 0.05) is 18.0 Å². The molecule has 0 radical (unpaired) electrons. The average molecular weight is 681 g/mol. The Balaban J connectivity index is 1.35. The highest BCUT2D eigenvalue weighted by atomic mass is 32.1. The minimum Gasteiger partial charge on any atom is -0.462 e. The molecule has 4 aromatic rings. The largest absolute Gasteiger partial charge is 0.462 e. The monoisotopic (exact) mass is 680 g/mol. The van der Waals surface area contributed by atoms with E-state index in [-0.39, 0.29) is 18.5 Å². The van der Waals surface area contributed by atoms with Gasteiger partial charge < -0.3 is 14.4 Å². The molecule has 0 N–H and O–H groups in total. The minimum atomic E-state index is -4.87. The Bertz CT molecular complexity index is 1830. The number of amides is 1. The zero-order valence-electron chi connectivity index (χ0n) is 27.9. The quantitative estimate of drug-likeness (QED) is 0.181. The molecular weight excluding hydrogens is 641 g/mol. The topological polar surface area (TPSA) is 86.6 Å². The molecule has 1 amide bonds. The van der Waals surface area contributed by atoms with Crippen LogP contribution in [0.3, 0.4) is 0 Å². The second kappa shape index (κ2) is 14.0. The van der Waals surface area contributed by atoms with Gasteiger partial charge in [-0.15, -0.1) is 11.3 Å². The van der Waals surface area contributed by atoms with E-state index in [1.54, 1.807) is 17.0 Å². The summed E-state index contributed by atoms with van der Waals surface area (Å²) in [6, 6.07) is 13.2. The molecular formula is C36H39F3N4O4S.